The van der Waals surface area contributed by atoms with Gasteiger partial charge in [-0.3, -0.25) is 14.9 Å². The first-order valence-corrected chi connectivity index (χ1v) is 5.70. The SMILES string of the molecule is CN1N[C@@H](c2ccc(O)cc2)[C@H]2C(=O)NC(=O)[C@@H]21. The number of phenols is 1. The van der Waals surface area contributed by atoms with Gasteiger partial charge < -0.3 is 5.11 Å². The molecule has 2 aliphatic heterocycles. The first kappa shape index (κ1) is 11.2. The van der Waals surface area contributed by atoms with Crippen molar-refractivity contribution in [2.45, 2.75) is 12.1 Å². The smallest absolute Gasteiger partial charge is 0.246 e. The number of phenolic OH excluding ortho intramolecular Hbond substituents is 1. The summed E-state index contributed by atoms with van der Waals surface area (Å²) in [6.07, 6.45) is 0. The van der Waals surface area contributed by atoms with Crippen LogP contribution in [0, 0.1) is 5.92 Å². The van der Waals surface area contributed by atoms with Gasteiger partial charge in [0, 0.05) is 7.05 Å². The number of hydrazine groups is 1. The van der Waals surface area contributed by atoms with E-state index in [2.05, 4.69) is 10.7 Å². The number of benzene rings is 1. The molecule has 0 saturated carbocycles. The van der Waals surface area contributed by atoms with Gasteiger partial charge in [0.05, 0.1) is 12.0 Å². The van der Waals surface area contributed by atoms with Crippen molar-refractivity contribution in [3.8, 4) is 5.75 Å². The van der Waals surface area contributed by atoms with Crippen LogP contribution >= 0.6 is 0 Å². The van der Waals surface area contributed by atoms with Crippen LogP contribution in [0.3, 0.4) is 0 Å². The molecule has 3 N–H and O–H groups in total. The molecule has 0 bridgehead atoms. The highest BCUT2D eigenvalue weighted by Crippen LogP contribution is 2.36. The Labute approximate surface area is 104 Å². The first-order chi connectivity index (χ1) is 8.58. The standard InChI is InChI=1S/C12H13N3O3/c1-15-10-8(11(17)13-12(10)18)9(14-15)6-2-4-7(16)5-3-6/h2-5,8-10,14,16H,1H3,(H,13,17,18)/t8-,9+,10-/m1/s1. The lowest BCUT2D eigenvalue weighted by molar-refractivity contribution is -0.127. The lowest BCUT2D eigenvalue weighted by Gasteiger charge is -2.17. The van der Waals surface area contributed by atoms with E-state index in [0.29, 0.717) is 0 Å². The van der Waals surface area contributed by atoms with Crippen LogP contribution in [0.25, 0.3) is 0 Å². The van der Waals surface area contributed by atoms with E-state index in [0.717, 1.165) is 5.56 Å². The monoisotopic (exact) mass is 247 g/mol. The zero-order chi connectivity index (χ0) is 12.9. The molecule has 6 nitrogen and oxygen atoms in total. The van der Waals surface area contributed by atoms with Crippen LogP contribution < -0.4 is 10.7 Å². The molecule has 6 heteroatoms. The summed E-state index contributed by atoms with van der Waals surface area (Å²) in [5.74, 6) is -0.762. The fourth-order valence-electron chi connectivity index (χ4n) is 2.68. The van der Waals surface area contributed by atoms with Crippen LogP contribution in [0.15, 0.2) is 24.3 Å². The number of amides is 2. The number of carbonyl (C=O) groups excluding carboxylic acids is 2. The Balaban J connectivity index is 1.96. The zero-order valence-corrected chi connectivity index (χ0v) is 9.75. The quantitative estimate of drug-likeness (QED) is 0.584. The number of nitrogens with one attached hydrogen (secondary N) is 2. The molecule has 2 heterocycles. The van der Waals surface area contributed by atoms with E-state index in [1.165, 1.54) is 0 Å². The number of carbonyl (C=O) groups is 2. The van der Waals surface area contributed by atoms with Crippen LogP contribution in [0.2, 0.25) is 0 Å². The van der Waals surface area contributed by atoms with Crippen molar-refractivity contribution in [1.29, 1.82) is 0 Å². The molecule has 0 aliphatic carbocycles. The predicted molar refractivity (Wildman–Crippen MR) is 62.2 cm³/mol. The maximum absolute atomic E-state index is 11.8. The van der Waals surface area contributed by atoms with Gasteiger partial charge in [-0.1, -0.05) is 12.1 Å². The van der Waals surface area contributed by atoms with E-state index < -0.39 is 12.0 Å². The number of hydrogen-bond acceptors (Lipinski definition) is 5. The minimum Gasteiger partial charge on any atom is -0.508 e. The molecule has 2 fully saturated rings. The van der Waals surface area contributed by atoms with Crippen molar-refractivity contribution in [3.63, 3.8) is 0 Å². The summed E-state index contributed by atoms with van der Waals surface area (Å²) >= 11 is 0. The molecule has 2 amide bonds. The van der Waals surface area contributed by atoms with E-state index in [1.807, 2.05) is 0 Å². The van der Waals surface area contributed by atoms with Gasteiger partial charge >= 0.3 is 0 Å². The molecule has 1 aromatic rings. The van der Waals surface area contributed by atoms with Gasteiger partial charge in [-0.25, -0.2) is 10.4 Å². The minimum atomic E-state index is -0.462. The highest BCUT2D eigenvalue weighted by molar-refractivity contribution is 6.07. The summed E-state index contributed by atoms with van der Waals surface area (Å²) in [5.41, 5.74) is 3.99. The molecule has 0 spiro atoms. The van der Waals surface area contributed by atoms with Crippen LogP contribution in [-0.4, -0.2) is 35.0 Å². The molecule has 3 atom stereocenters. The van der Waals surface area contributed by atoms with Crippen molar-refractivity contribution >= 4 is 11.8 Å². The van der Waals surface area contributed by atoms with Crippen LogP contribution in [0.4, 0.5) is 0 Å². The molecular weight excluding hydrogens is 234 g/mol. The second kappa shape index (κ2) is 3.79. The first-order valence-electron chi connectivity index (χ1n) is 5.70. The highest BCUT2D eigenvalue weighted by Gasteiger charge is 2.53. The Bertz CT molecular complexity index is 514. The Morgan fingerprint density at radius 1 is 1.17 bits per heavy atom. The van der Waals surface area contributed by atoms with Gasteiger partial charge in [-0.2, -0.15) is 0 Å². The highest BCUT2D eigenvalue weighted by atomic mass is 16.3. The molecule has 0 unspecified atom stereocenters. The summed E-state index contributed by atoms with van der Waals surface area (Å²) in [6, 6.07) is 5.93. The zero-order valence-electron chi connectivity index (χ0n) is 9.75. The number of nitrogens with zero attached hydrogens (tertiary/aromatic N) is 1. The third kappa shape index (κ3) is 1.50. The van der Waals surface area contributed by atoms with Gasteiger partial charge in [0.25, 0.3) is 0 Å². The van der Waals surface area contributed by atoms with Crippen molar-refractivity contribution in [2.75, 3.05) is 7.05 Å². The summed E-state index contributed by atoms with van der Waals surface area (Å²) in [7, 11) is 1.75. The van der Waals surface area contributed by atoms with E-state index in [4.69, 9.17) is 0 Å². The van der Waals surface area contributed by atoms with E-state index >= 15 is 0 Å². The van der Waals surface area contributed by atoms with E-state index in [1.54, 1.807) is 36.3 Å². The van der Waals surface area contributed by atoms with E-state index in [-0.39, 0.29) is 23.6 Å². The average Bonchev–Trinajstić information content (AvgIpc) is 2.81. The number of hydrogen-bond donors (Lipinski definition) is 3. The summed E-state index contributed by atoms with van der Waals surface area (Å²) in [4.78, 5) is 23.5. The van der Waals surface area contributed by atoms with Gasteiger partial charge in [-0.15, -0.1) is 0 Å². The molecular formula is C12H13N3O3. The predicted octanol–water partition coefficient (Wildman–Crippen LogP) is -0.476. The van der Waals surface area contributed by atoms with Gasteiger partial charge in [0.1, 0.15) is 11.8 Å². The number of fused-ring (bicyclic) bond motifs is 1. The fraction of sp³-hybridized carbons (Fsp3) is 0.333. The molecule has 3 rings (SSSR count). The third-order valence-electron chi connectivity index (χ3n) is 3.53. The maximum Gasteiger partial charge on any atom is 0.246 e. The molecule has 2 saturated heterocycles. The number of aromatic hydroxyl groups is 1. The molecule has 2 aliphatic rings. The molecule has 18 heavy (non-hydrogen) atoms. The number of imide groups is 1. The minimum absolute atomic E-state index is 0.175. The van der Waals surface area contributed by atoms with Crippen molar-refractivity contribution < 1.29 is 14.7 Å². The van der Waals surface area contributed by atoms with Crippen molar-refractivity contribution in [1.82, 2.24) is 15.8 Å². The van der Waals surface area contributed by atoms with Gasteiger partial charge in [0.2, 0.25) is 11.8 Å². The van der Waals surface area contributed by atoms with Crippen LogP contribution in [-0.2, 0) is 9.59 Å². The molecule has 0 aromatic heterocycles. The van der Waals surface area contributed by atoms with Gasteiger partial charge in [0.15, 0.2) is 0 Å². The molecule has 1 aromatic carbocycles. The van der Waals surface area contributed by atoms with Crippen LogP contribution in [0.1, 0.15) is 11.6 Å². The number of rotatable bonds is 1. The summed E-state index contributed by atoms with van der Waals surface area (Å²) in [6.45, 7) is 0. The molecule has 0 radical (unpaired) electrons. The fourth-order valence-corrected chi connectivity index (χ4v) is 2.68. The van der Waals surface area contributed by atoms with Crippen LogP contribution in [0.5, 0.6) is 5.75 Å². The largest absolute Gasteiger partial charge is 0.508 e. The van der Waals surface area contributed by atoms with E-state index in [9.17, 15) is 14.7 Å². The lowest BCUT2D eigenvalue weighted by Crippen LogP contribution is -2.41. The Morgan fingerprint density at radius 2 is 1.83 bits per heavy atom. The van der Waals surface area contributed by atoms with Crippen molar-refractivity contribution in [2.24, 2.45) is 5.92 Å². The second-order valence-corrected chi connectivity index (χ2v) is 4.63. The molecule has 94 valence electrons. The Morgan fingerprint density at radius 3 is 2.50 bits per heavy atom. The third-order valence-corrected chi connectivity index (χ3v) is 3.53. The topological polar surface area (TPSA) is 81.7 Å². The lowest BCUT2D eigenvalue weighted by atomic mass is 9.91. The number of likely N-dealkylation sites (N-methyl/N-ethyl adjacent to an activating group) is 1. The maximum atomic E-state index is 11.8. The van der Waals surface area contributed by atoms with Crippen molar-refractivity contribution in [3.05, 3.63) is 29.8 Å². The summed E-state index contributed by atoms with van der Waals surface area (Å²) < 4.78 is 0. The summed E-state index contributed by atoms with van der Waals surface area (Å²) in [5, 5.41) is 13.3. The van der Waals surface area contributed by atoms with Gasteiger partial charge in [-0.05, 0) is 17.7 Å². The Hall–Kier alpha value is -1.92. The second-order valence-electron chi connectivity index (χ2n) is 4.63. The average molecular weight is 247 g/mol. The normalized spacial score (nSPS) is 31.5. The Kier molecular flexibility index (Phi) is 2.36.